The molecule has 0 spiro atoms. The van der Waals surface area contributed by atoms with E-state index in [0.717, 1.165) is 17.0 Å². The van der Waals surface area contributed by atoms with Gasteiger partial charge < -0.3 is 5.32 Å². The highest BCUT2D eigenvalue weighted by Crippen LogP contribution is 2.15. The molecular weight excluding hydrogens is 466 g/mol. The number of rotatable bonds is 4. The number of nitrogens with zero attached hydrogens (tertiary/aromatic N) is 2. The largest absolute Gasteiger partial charge is 0.359 e. The molecule has 1 aliphatic heterocycles. The number of nitrogens with one attached hydrogen (secondary N) is 1. The summed E-state index contributed by atoms with van der Waals surface area (Å²) in [4.78, 5) is 19.0. The lowest BCUT2D eigenvalue weighted by Gasteiger charge is -2.16. The van der Waals surface area contributed by atoms with Gasteiger partial charge in [0.15, 0.2) is 5.78 Å². The van der Waals surface area contributed by atoms with Crippen LogP contribution in [0.1, 0.15) is 84.9 Å². The molecule has 0 atom stereocenters. The Kier molecular flexibility index (Phi) is 15.3. The molecule has 2 aromatic heterocycles. The van der Waals surface area contributed by atoms with Gasteiger partial charge in [0, 0.05) is 42.1 Å². The molecule has 0 unspecified atom stereocenters. The van der Waals surface area contributed by atoms with Crippen LogP contribution >= 0.6 is 0 Å². The Morgan fingerprint density at radius 3 is 1.87 bits per heavy atom. The Labute approximate surface area is 231 Å². The third-order valence-electron chi connectivity index (χ3n) is 5.78. The Balaban J connectivity index is 0.000000254. The topological polar surface area (TPSA) is 54.9 Å². The second-order valence-corrected chi connectivity index (χ2v) is 10.5. The number of hydrogen-bond donors (Lipinski definition) is 1. The van der Waals surface area contributed by atoms with Crippen LogP contribution in [0.15, 0.2) is 109 Å². The Morgan fingerprint density at radius 2 is 1.50 bits per heavy atom. The summed E-state index contributed by atoms with van der Waals surface area (Å²) >= 11 is 0. The maximum absolute atomic E-state index is 10.9. The minimum atomic E-state index is 0.228. The van der Waals surface area contributed by atoms with Crippen LogP contribution in [0.3, 0.4) is 0 Å². The second kappa shape index (κ2) is 17.8. The molecule has 0 saturated heterocycles. The van der Waals surface area contributed by atoms with Crippen molar-refractivity contribution < 1.29 is 4.79 Å². The summed E-state index contributed by atoms with van der Waals surface area (Å²) in [5.41, 5.74) is 5.89. The smallest absolute Gasteiger partial charge is 0.159 e. The molecule has 0 bridgehead atoms. The predicted octanol–water partition coefficient (Wildman–Crippen LogP) is 8.71. The fourth-order valence-electron chi connectivity index (χ4n) is 3.30. The standard InChI is InChI=1S/C9H13N.C9H12O.2C8H11N/c1-7(2)9-6-4-5-8(3)10-9;1-7(2)8-4-3-5-9(10)6-8;1-7(2)8-3-5-9-6-4-8;1-7(2)8-5-3-4-6-9-8/h4-7,10H,3H2,1-2H3;3-4,6-7H,5H2,1-2H3;2*3-7H,1-2H3. The van der Waals surface area contributed by atoms with Crippen LogP contribution in [-0.4, -0.2) is 15.8 Å². The van der Waals surface area contributed by atoms with E-state index in [2.05, 4.69) is 83.3 Å². The van der Waals surface area contributed by atoms with Gasteiger partial charge in [-0.05, 0) is 77.3 Å². The van der Waals surface area contributed by atoms with E-state index in [0.29, 0.717) is 30.1 Å². The highest BCUT2D eigenvalue weighted by atomic mass is 16.1. The molecule has 3 heterocycles. The molecule has 38 heavy (non-hydrogen) atoms. The number of pyridine rings is 2. The molecule has 4 rings (SSSR count). The minimum Gasteiger partial charge on any atom is -0.359 e. The van der Waals surface area contributed by atoms with Crippen molar-refractivity contribution in [2.24, 2.45) is 11.8 Å². The van der Waals surface area contributed by atoms with E-state index in [1.54, 1.807) is 6.08 Å². The van der Waals surface area contributed by atoms with Gasteiger partial charge in [0.05, 0.1) is 0 Å². The van der Waals surface area contributed by atoms with Crippen LogP contribution in [0.2, 0.25) is 0 Å². The van der Waals surface area contributed by atoms with Crippen LogP contribution < -0.4 is 5.32 Å². The predicted molar refractivity (Wildman–Crippen MR) is 163 cm³/mol. The van der Waals surface area contributed by atoms with Crippen LogP contribution in [0.25, 0.3) is 0 Å². The number of dihydropyridines is 1. The van der Waals surface area contributed by atoms with Crippen molar-refractivity contribution in [3.05, 3.63) is 120 Å². The van der Waals surface area contributed by atoms with Gasteiger partial charge in [-0.1, -0.05) is 86.3 Å². The summed E-state index contributed by atoms with van der Waals surface area (Å²) in [6.07, 6.45) is 17.8. The first-order chi connectivity index (χ1) is 18.0. The molecule has 0 aromatic carbocycles. The van der Waals surface area contributed by atoms with Gasteiger partial charge in [-0.2, -0.15) is 0 Å². The Morgan fingerprint density at radius 1 is 0.816 bits per heavy atom. The van der Waals surface area contributed by atoms with Crippen molar-refractivity contribution in [1.29, 1.82) is 0 Å². The molecule has 0 fully saturated rings. The third kappa shape index (κ3) is 13.7. The van der Waals surface area contributed by atoms with Gasteiger partial charge in [0.1, 0.15) is 0 Å². The van der Waals surface area contributed by atoms with Crippen molar-refractivity contribution in [2.75, 3.05) is 0 Å². The fourth-order valence-corrected chi connectivity index (χ4v) is 3.30. The fraction of sp³-hybridized carbons (Fsp3) is 0.382. The van der Waals surface area contributed by atoms with Crippen LogP contribution in [-0.2, 0) is 4.79 Å². The number of allylic oxidation sites excluding steroid dienone is 8. The van der Waals surface area contributed by atoms with Crippen LogP contribution in [0.4, 0.5) is 0 Å². The molecule has 2 aromatic rings. The number of aromatic nitrogens is 2. The van der Waals surface area contributed by atoms with E-state index in [9.17, 15) is 4.79 Å². The number of carbonyl (C=O) groups excluding carboxylic acids is 1. The van der Waals surface area contributed by atoms with Crippen molar-refractivity contribution in [3.8, 4) is 0 Å². The van der Waals surface area contributed by atoms with Crippen molar-refractivity contribution in [2.45, 2.75) is 73.6 Å². The first-order valence-corrected chi connectivity index (χ1v) is 13.6. The average molecular weight is 514 g/mol. The zero-order valence-electron chi connectivity index (χ0n) is 24.6. The van der Waals surface area contributed by atoms with Crippen molar-refractivity contribution >= 4 is 5.78 Å². The average Bonchev–Trinajstić information content (AvgIpc) is 2.91. The summed E-state index contributed by atoms with van der Waals surface area (Å²) in [7, 11) is 0. The van der Waals surface area contributed by atoms with E-state index in [-0.39, 0.29) is 5.78 Å². The summed E-state index contributed by atoms with van der Waals surface area (Å²) in [6, 6.07) is 10.1. The SMILES string of the molecule is C=C1C=CC=C(C(C)C)N1.CC(C)C1=CC(=O)CC=C1.CC(C)c1ccccn1.CC(C)c1ccncc1. The summed E-state index contributed by atoms with van der Waals surface area (Å²) in [5.74, 6) is 2.42. The van der Waals surface area contributed by atoms with E-state index < -0.39 is 0 Å². The first kappa shape index (κ1) is 32.5. The van der Waals surface area contributed by atoms with Crippen molar-refractivity contribution in [3.63, 3.8) is 0 Å². The molecule has 4 nitrogen and oxygen atoms in total. The van der Waals surface area contributed by atoms with Gasteiger partial charge in [0.25, 0.3) is 0 Å². The maximum atomic E-state index is 10.9. The number of ketones is 1. The van der Waals surface area contributed by atoms with E-state index in [1.165, 1.54) is 11.3 Å². The second-order valence-electron chi connectivity index (χ2n) is 10.5. The highest BCUT2D eigenvalue weighted by molar-refractivity contribution is 5.93. The molecule has 0 amide bonds. The molecule has 4 heteroatoms. The van der Waals surface area contributed by atoms with Gasteiger partial charge in [-0.15, -0.1) is 0 Å². The number of hydrogen-bond acceptors (Lipinski definition) is 4. The summed E-state index contributed by atoms with van der Waals surface area (Å²) in [5, 5.41) is 3.20. The maximum Gasteiger partial charge on any atom is 0.159 e. The molecule has 2 aliphatic rings. The monoisotopic (exact) mass is 513 g/mol. The minimum absolute atomic E-state index is 0.228. The Hall–Kier alpha value is -3.53. The number of carbonyl (C=O) groups is 1. The first-order valence-electron chi connectivity index (χ1n) is 13.6. The van der Waals surface area contributed by atoms with E-state index in [4.69, 9.17) is 0 Å². The van der Waals surface area contributed by atoms with Gasteiger partial charge in [0.2, 0.25) is 0 Å². The summed E-state index contributed by atoms with van der Waals surface area (Å²) < 4.78 is 0. The zero-order chi connectivity index (χ0) is 28.5. The summed E-state index contributed by atoms with van der Waals surface area (Å²) in [6.45, 7) is 20.9. The van der Waals surface area contributed by atoms with Gasteiger partial charge >= 0.3 is 0 Å². The zero-order valence-corrected chi connectivity index (χ0v) is 24.6. The molecular formula is C34H47N3O. The lowest BCUT2D eigenvalue weighted by atomic mass is 9.97. The van der Waals surface area contributed by atoms with Gasteiger partial charge in [-0.3, -0.25) is 14.8 Å². The van der Waals surface area contributed by atoms with Crippen LogP contribution in [0.5, 0.6) is 0 Å². The third-order valence-corrected chi connectivity index (χ3v) is 5.78. The quantitative estimate of drug-likeness (QED) is 0.444. The van der Waals surface area contributed by atoms with Crippen LogP contribution in [0, 0.1) is 11.8 Å². The molecule has 0 saturated carbocycles. The Bertz CT molecular complexity index is 1050. The van der Waals surface area contributed by atoms with Gasteiger partial charge in [-0.25, -0.2) is 0 Å². The molecule has 1 aliphatic carbocycles. The molecule has 1 N–H and O–H groups in total. The lowest BCUT2D eigenvalue weighted by Crippen LogP contribution is -2.16. The highest BCUT2D eigenvalue weighted by Gasteiger charge is 2.06. The molecule has 204 valence electrons. The lowest BCUT2D eigenvalue weighted by molar-refractivity contribution is -0.114. The van der Waals surface area contributed by atoms with E-state index in [1.807, 2.05) is 73.2 Å². The normalized spacial score (nSPS) is 14.0. The molecule has 0 radical (unpaired) electrons. The van der Waals surface area contributed by atoms with Crippen molar-refractivity contribution in [1.82, 2.24) is 15.3 Å². The van der Waals surface area contributed by atoms with E-state index >= 15 is 0 Å².